The SMILES string of the molecule is NS(=O)(=O)c1ccc(C2(O)C(=O)N(c3cccc4ccc(OC(F)(F)F)cc34)c3ccccc32)cc1. The second kappa shape index (κ2) is 8.05. The number of carbonyl (C=O) groups is 1. The number of nitrogens with zero attached hydrogens (tertiary/aromatic N) is 1. The van der Waals surface area contributed by atoms with Gasteiger partial charge in [-0.25, -0.2) is 13.6 Å². The summed E-state index contributed by atoms with van der Waals surface area (Å²) >= 11 is 0. The summed E-state index contributed by atoms with van der Waals surface area (Å²) in [6.07, 6.45) is -4.90. The summed E-state index contributed by atoms with van der Waals surface area (Å²) in [4.78, 5) is 14.9. The lowest BCUT2D eigenvalue weighted by Crippen LogP contribution is -2.39. The molecule has 0 radical (unpaired) electrons. The number of hydrogen-bond donors (Lipinski definition) is 2. The van der Waals surface area contributed by atoms with Crippen molar-refractivity contribution < 1.29 is 36.2 Å². The highest BCUT2D eigenvalue weighted by Crippen LogP contribution is 2.49. The van der Waals surface area contributed by atoms with Crippen LogP contribution in [0.25, 0.3) is 10.8 Å². The van der Waals surface area contributed by atoms with Crippen molar-refractivity contribution in [1.82, 2.24) is 0 Å². The molecule has 0 saturated heterocycles. The number of amides is 1. The van der Waals surface area contributed by atoms with Gasteiger partial charge in [0.25, 0.3) is 5.91 Å². The molecule has 184 valence electrons. The summed E-state index contributed by atoms with van der Waals surface area (Å²) in [5.41, 5.74) is -1.34. The lowest BCUT2D eigenvalue weighted by Gasteiger charge is -2.25. The zero-order chi connectivity index (χ0) is 25.9. The van der Waals surface area contributed by atoms with Crippen LogP contribution in [-0.4, -0.2) is 25.8 Å². The number of alkyl halides is 3. The molecule has 1 heterocycles. The summed E-state index contributed by atoms with van der Waals surface area (Å²) < 4.78 is 65.8. The van der Waals surface area contributed by atoms with Crippen LogP contribution in [0.2, 0.25) is 0 Å². The molecular formula is C25H17F3N2O5S. The summed E-state index contributed by atoms with van der Waals surface area (Å²) in [5, 5.41) is 17.7. The molecule has 3 N–H and O–H groups in total. The van der Waals surface area contributed by atoms with Crippen molar-refractivity contribution in [3.8, 4) is 5.75 Å². The van der Waals surface area contributed by atoms with E-state index in [0.29, 0.717) is 11.1 Å². The fourth-order valence-corrected chi connectivity index (χ4v) is 4.91. The van der Waals surface area contributed by atoms with Crippen molar-refractivity contribution in [3.63, 3.8) is 0 Å². The number of sulfonamides is 1. The molecule has 4 aromatic rings. The molecule has 0 spiro atoms. The Morgan fingerprint density at radius 2 is 1.56 bits per heavy atom. The van der Waals surface area contributed by atoms with E-state index in [4.69, 9.17) is 5.14 Å². The van der Waals surface area contributed by atoms with Crippen LogP contribution < -0.4 is 14.8 Å². The number of anilines is 2. The van der Waals surface area contributed by atoms with Gasteiger partial charge in [0.1, 0.15) is 5.75 Å². The van der Waals surface area contributed by atoms with E-state index in [-0.39, 0.29) is 27.1 Å². The molecule has 0 aliphatic carbocycles. The molecule has 7 nitrogen and oxygen atoms in total. The first kappa shape index (κ1) is 23.8. The number of carbonyl (C=O) groups excluding carboxylic acids is 1. The topological polar surface area (TPSA) is 110 Å². The van der Waals surface area contributed by atoms with Crippen LogP contribution in [0.3, 0.4) is 0 Å². The average Bonchev–Trinajstić information content (AvgIpc) is 3.05. The third kappa shape index (κ3) is 3.87. The minimum Gasteiger partial charge on any atom is -0.406 e. The minimum atomic E-state index is -4.90. The second-order valence-electron chi connectivity index (χ2n) is 8.15. The van der Waals surface area contributed by atoms with Crippen molar-refractivity contribution in [1.29, 1.82) is 0 Å². The van der Waals surface area contributed by atoms with Crippen LogP contribution in [0.4, 0.5) is 24.5 Å². The van der Waals surface area contributed by atoms with Crippen molar-refractivity contribution >= 4 is 38.1 Å². The van der Waals surface area contributed by atoms with Crippen LogP contribution in [-0.2, 0) is 20.4 Å². The van der Waals surface area contributed by atoms with Gasteiger partial charge in [0.15, 0.2) is 5.60 Å². The van der Waals surface area contributed by atoms with E-state index < -0.39 is 33.6 Å². The Morgan fingerprint density at radius 1 is 0.889 bits per heavy atom. The minimum absolute atomic E-state index is 0.0937. The number of ether oxygens (including phenoxy) is 1. The van der Waals surface area contributed by atoms with Gasteiger partial charge in [-0.2, -0.15) is 0 Å². The van der Waals surface area contributed by atoms with Gasteiger partial charge >= 0.3 is 6.36 Å². The Morgan fingerprint density at radius 3 is 2.22 bits per heavy atom. The fourth-order valence-electron chi connectivity index (χ4n) is 4.39. The molecule has 0 fully saturated rings. The molecular weight excluding hydrogens is 497 g/mol. The van der Waals surface area contributed by atoms with Gasteiger partial charge in [-0.15, -0.1) is 13.2 Å². The van der Waals surface area contributed by atoms with E-state index in [0.717, 1.165) is 0 Å². The van der Waals surface area contributed by atoms with Gasteiger partial charge in [-0.3, -0.25) is 9.69 Å². The highest BCUT2D eigenvalue weighted by molar-refractivity contribution is 7.89. The summed E-state index contributed by atoms with van der Waals surface area (Å²) in [5.74, 6) is -1.25. The maximum Gasteiger partial charge on any atom is 0.573 e. The van der Waals surface area contributed by atoms with Gasteiger partial charge in [0, 0.05) is 10.9 Å². The van der Waals surface area contributed by atoms with Gasteiger partial charge in [0.05, 0.1) is 16.3 Å². The lowest BCUT2D eigenvalue weighted by atomic mass is 9.87. The predicted molar refractivity (Wildman–Crippen MR) is 125 cm³/mol. The number of aliphatic hydroxyl groups is 1. The molecule has 0 saturated carbocycles. The predicted octanol–water partition coefficient (Wildman–Crippen LogP) is 4.30. The van der Waals surface area contributed by atoms with E-state index >= 15 is 0 Å². The normalized spacial score (nSPS) is 17.9. The Kier molecular flexibility index (Phi) is 5.32. The average molecular weight is 514 g/mol. The molecule has 4 aromatic carbocycles. The van der Waals surface area contributed by atoms with Crippen molar-refractivity contribution in [3.05, 3.63) is 96.1 Å². The highest BCUT2D eigenvalue weighted by atomic mass is 32.2. The molecule has 1 amide bonds. The number of halogens is 3. The van der Waals surface area contributed by atoms with Crippen molar-refractivity contribution in [2.24, 2.45) is 5.14 Å². The number of primary sulfonamides is 1. The van der Waals surface area contributed by atoms with Crippen LogP contribution in [0.1, 0.15) is 11.1 Å². The zero-order valence-electron chi connectivity index (χ0n) is 18.2. The highest BCUT2D eigenvalue weighted by Gasteiger charge is 2.51. The Bertz CT molecular complexity index is 1620. The lowest BCUT2D eigenvalue weighted by molar-refractivity contribution is -0.274. The molecule has 11 heteroatoms. The van der Waals surface area contributed by atoms with Gasteiger partial charge < -0.3 is 9.84 Å². The van der Waals surface area contributed by atoms with E-state index in [1.54, 1.807) is 42.5 Å². The number of nitrogens with two attached hydrogens (primary N) is 1. The second-order valence-corrected chi connectivity index (χ2v) is 9.71. The molecule has 1 atom stereocenters. The third-order valence-corrected chi connectivity index (χ3v) is 6.88. The van der Waals surface area contributed by atoms with E-state index in [9.17, 15) is 31.5 Å². The number of rotatable bonds is 4. The van der Waals surface area contributed by atoms with Crippen LogP contribution >= 0.6 is 0 Å². The zero-order valence-corrected chi connectivity index (χ0v) is 19.0. The van der Waals surface area contributed by atoms with Crippen molar-refractivity contribution in [2.75, 3.05) is 4.90 Å². The van der Waals surface area contributed by atoms with Crippen LogP contribution in [0, 0.1) is 0 Å². The molecule has 5 rings (SSSR count). The molecule has 1 aliphatic heterocycles. The first-order valence-corrected chi connectivity index (χ1v) is 12.0. The van der Waals surface area contributed by atoms with Gasteiger partial charge in [-0.05, 0) is 47.3 Å². The Labute approximate surface area is 203 Å². The van der Waals surface area contributed by atoms with Gasteiger partial charge in [-0.1, -0.05) is 48.5 Å². The standard InChI is InChI=1S/C25H17F3N2O5S/c26-25(27,28)35-17-11-8-15-4-3-7-21(19(15)14-17)30-22-6-2-1-5-20(22)24(32,23(30)31)16-9-12-18(13-10-16)36(29,33)34/h1-14,32H,(H2,29,33,34). The molecule has 1 unspecified atom stereocenters. The number of fused-ring (bicyclic) bond motifs is 2. The summed E-state index contributed by atoms with van der Waals surface area (Å²) in [7, 11) is -4.00. The Balaban J connectivity index is 1.68. The maximum atomic E-state index is 13.8. The molecule has 1 aliphatic rings. The van der Waals surface area contributed by atoms with E-state index in [2.05, 4.69) is 4.74 Å². The largest absolute Gasteiger partial charge is 0.573 e. The van der Waals surface area contributed by atoms with Crippen LogP contribution in [0.5, 0.6) is 5.75 Å². The number of hydrogen-bond acceptors (Lipinski definition) is 5. The maximum absolute atomic E-state index is 13.8. The van der Waals surface area contributed by atoms with Crippen LogP contribution in [0.15, 0.2) is 89.8 Å². The quantitative estimate of drug-likeness (QED) is 0.422. The first-order valence-electron chi connectivity index (χ1n) is 10.5. The van der Waals surface area contributed by atoms with Gasteiger partial charge in [0.2, 0.25) is 10.0 Å². The monoisotopic (exact) mass is 514 g/mol. The van der Waals surface area contributed by atoms with E-state index in [1.165, 1.54) is 47.4 Å². The van der Waals surface area contributed by atoms with E-state index in [1.807, 2.05) is 0 Å². The molecule has 0 aromatic heterocycles. The molecule has 0 bridgehead atoms. The number of benzene rings is 4. The summed E-state index contributed by atoms with van der Waals surface area (Å²) in [6.45, 7) is 0. The number of para-hydroxylation sites is 1. The van der Waals surface area contributed by atoms with Crippen molar-refractivity contribution in [2.45, 2.75) is 16.9 Å². The first-order chi connectivity index (χ1) is 16.9. The summed E-state index contributed by atoms with van der Waals surface area (Å²) in [6, 6.07) is 20.0. The molecule has 36 heavy (non-hydrogen) atoms. The smallest absolute Gasteiger partial charge is 0.406 e. The Hall–Kier alpha value is -3.93. The fraction of sp³-hybridized carbons (Fsp3) is 0.0800. The third-order valence-electron chi connectivity index (χ3n) is 5.95.